The molecule has 0 aromatic carbocycles. The van der Waals surface area contributed by atoms with Gasteiger partial charge in [-0.2, -0.15) is 0 Å². The van der Waals surface area contributed by atoms with Gasteiger partial charge in [0.05, 0.1) is 18.3 Å². The Balaban J connectivity index is 3.56. The Morgan fingerprint density at radius 2 is 1.12 bits per heavy atom. The Hall–Kier alpha value is -0.160. The molecule has 0 heterocycles. The van der Waals surface area contributed by atoms with Gasteiger partial charge in [-0.3, -0.25) is 4.90 Å². The first-order valence-electron chi connectivity index (χ1n) is 10.7. The Labute approximate surface area is 156 Å². The smallest absolute Gasteiger partial charge is 0.0673 e. The van der Waals surface area contributed by atoms with Crippen molar-refractivity contribution in [3.63, 3.8) is 0 Å². The first-order chi connectivity index (χ1) is 12.0. The van der Waals surface area contributed by atoms with Crippen molar-refractivity contribution in [2.24, 2.45) is 0 Å². The van der Waals surface area contributed by atoms with Gasteiger partial charge in [-0.15, -0.1) is 0 Å². The fourth-order valence-corrected chi connectivity index (χ4v) is 3.26. The van der Waals surface area contributed by atoms with Crippen LogP contribution in [0.3, 0.4) is 0 Å². The van der Waals surface area contributed by atoms with Crippen LogP contribution in [0.25, 0.3) is 0 Å². The summed E-state index contributed by atoms with van der Waals surface area (Å²) in [6.07, 6.45) is 12.8. The lowest BCUT2D eigenvalue weighted by molar-refractivity contribution is 0.0120. The van der Waals surface area contributed by atoms with Crippen LogP contribution in [-0.2, 0) is 4.74 Å². The quantitative estimate of drug-likeness (QED) is 0.357. The third-order valence-corrected chi connectivity index (χ3v) is 4.46. The molecule has 0 aliphatic carbocycles. The Morgan fingerprint density at radius 3 is 1.56 bits per heavy atom. The maximum Gasteiger partial charge on any atom is 0.0673 e. The van der Waals surface area contributed by atoms with Gasteiger partial charge >= 0.3 is 0 Å². The van der Waals surface area contributed by atoms with Gasteiger partial charge in [-0.25, -0.2) is 0 Å². The summed E-state index contributed by atoms with van der Waals surface area (Å²) >= 11 is 0. The number of hydrogen-bond donors (Lipinski definition) is 2. The maximum absolute atomic E-state index is 9.56. The summed E-state index contributed by atoms with van der Waals surface area (Å²) in [5.41, 5.74) is 0. The predicted molar refractivity (Wildman–Crippen MR) is 107 cm³/mol. The highest BCUT2D eigenvalue weighted by Gasteiger charge is 2.14. The van der Waals surface area contributed by atoms with E-state index < -0.39 is 0 Å². The standard InChI is InChI=1S/C21H45NO3/c1-5-6-7-8-9-10-11-12-13-14-15-25-21(4)18-22(16-19(2)23)17-20(3)24/h19-21,23-24H,5-18H2,1-4H3. The van der Waals surface area contributed by atoms with Gasteiger partial charge in [0.25, 0.3) is 0 Å². The zero-order valence-corrected chi connectivity index (χ0v) is 17.4. The molecule has 152 valence electrons. The van der Waals surface area contributed by atoms with Gasteiger partial charge in [-0.05, 0) is 27.2 Å². The number of unbranched alkanes of at least 4 members (excludes halogenated alkanes) is 9. The highest BCUT2D eigenvalue weighted by Crippen LogP contribution is 2.11. The molecular weight excluding hydrogens is 314 g/mol. The van der Waals surface area contributed by atoms with Crippen LogP contribution in [0.2, 0.25) is 0 Å². The molecule has 4 heteroatoms. The highest BCUT2D eigenvalue weighted by atomic mass is 16.5. The minimum atomic E-state index is -0.382. The fourth-order valence-electron chi connectivity index (χ4n) is 3.26. The molecule has 0 fully saturated rings. The van der Waals surface area contributed by atoms with E-state index in [1.807, 2.05) is 0 Å². The zero-order valence-electron chi connectivity index (χ0n) is 17.4. The average Bonchev–Trinajstić information content (AvgIpc) is 2.51. The van der Waals surface area contributed by atoms with E-state index in [1.165, 1.54) is 57.8 Å². The molecule has 4 nitrogen and oxygen atoms in total. The molecule has 25 heavy (non-hydrogen) atoms. The van der Waals surface area contributed by atoms with Crippen molar-refractivity contribution >= 4 is 0 Å². The highest BCUT2D eigenvalue weighted by molar-refractivity contribution is 4.68. The van der Waals surface area contributed by atoms with E-state index in [9.17, 15) is 10.2 Å². The van der Waals surface area contributed by atoms with Crippen molar-refractivity contribution in [2.75, 3.05) is 26.2 Å². The van der Waals surface area contributed by atoms with Crippen molar-refractivity contribution in [3.8, 4) is 0 Å². The van der Waals surface area contributed by atoms with E-state index in [-0.39, 0.29) is 18.3 Å². The minimum Gasteiger partial charge on any atom is -0.392 e. The Morgan fingerprint density at radius 1 is 0.680 bits per heavy atom. The van der Waals surface area contributed by atoms with Gasteiger partial charge in [0.2, 0.25) is 0 Å². The van der Waals surface area contributed by atoms with E-state index in [4.69, 9.17) is 4.74 Å². The largest absolute Gasteiger partial charge is 0.392 e. The van der Waals surface area contributed by atoms with Crippen LogP contribution < -0.4 is 0 Å². The number of ether oxygens (including phenoxy) is 1. The van der Waals surface area contributed by atoms with E-state index in [1.54, 1.807) is 13.8 Å². The van der Waals surface area contributed by atoms with E-state index in [2.05, 4.69) is 18.7 Å². The second-order valence-corrected chi connectivity index (χ2v) is 7.78. The molecule has 0 aromatic heterocycles. The Bertz CT molecular complexity index is 262. The minimum absolute atomic E-state index is 0.135. The Kier molecular flexibility index (Phi) is 17.2. The van der Waals surface area contributed by atoms with Crippen molar-refractivity contribution in [2.45, 2.75) is 110 Å². The number of aliphatic hydroxyl groups is 2. The summed E-state index contributed by atoms with van der Waals surface area (Å²) in [5, 5.41) is 19.1. The molecule has 0 amide bonds. The molecule has 0 aromatic rings. The summed E-state index contributed by atoms with van der Waals surface area (Å²) in [4.78, 5) is 2.08. The van der Waals surface area contributed by atoms with Crippen molar-refractivity contribution in [3.05, 3.63) is 0 Å². The summed E-state index contributed by atoms with van der Waals surface area (Å²) in [6.45, 7) is 10.6. The van der Waals surface area contributed by atoms with E-state index in [0.29, 0.717) is 13.1 Å². The summed E-state index contributed by atoms with van der Waals surface area (Å²) < 4.78 is 5.90. The number of rotatable bonds is 18. The molecule has 0 radical (unpaired) electrons. The maximum atomic E-state index is 9.56. The molecule has 0 bridgehead atoms. The molecule has 0 aliphatic heterocycles. The van der Waals surface area contributed by atoms with Crippen molar-refractivity contribution < 1.29 is 14.9 Å². The zero-order chi connectivity index (χ0) is 18.9. The molecule has 3 atom stereocenters. The fraction of sp³-hybridized carbons (Fsp3) is 1.00. The van der Waals surface area contributed by atoms with E-state index >= 15 is 0 Å². The van der Waals surface area contributed by atoms with Gasteiger partial charge in [0.1, 0.15) is 0 Å². The van der Waals surface area contributed by atoms with Gasteiger partial charge in [0.15, 0.2) is 0 Å². The lowest BCUT2D eigenvalue weighted by Gasteiger charge is -2.27. The van der Waals surface area contributed by atoms with Crippen molar-refractivity contribution in [1.29, 1.82) is 0 Å². The molecule has 0 saturated heterocycles. The summed E-state index contributed by atoms with van der Waals surface area (Å²) in [5.74, 6) is 0. The van der Waals surface area contributed by atoms with Gasteiger partial charge < -0.3 is 14.9 Å². The van der Waals surface area contributed by atoms with Crippen LogP contribution in [-0.4, -0.2) is 59.7 Å². The number of aliphatic hydroxyl groups excluding tert-OH is 2. The topological polar surface area (TPSA) is 52.9 Å². The van der Waals surface area contributed by atoms with Crippen LogP contribution >= 0.6 is 0 Å². The molecular formula is C21H45NO3. The molecule has 0 spiro atoms. The molecule has 2 N–H and O–H groups in total. The third-order valence-electron chi connectivity index (χ3n) is 4.46. The lowest BCUT2D eigenvalue weighted by Crippen LogP contribution is -2.41. The first-order valence-corrected chi connectivity index (χ1v) is 10.7. The van der Waals surface area contributed by atoms with Gasteiger partial charge in [0, 0.05) is 26.2 Å². The first kappa shape index (κ1) is 24.8. The van der Waals surface area contributed by atoms with Crippen LogP contribution in [0, 0.1) is 0 Å². The van der Waals surface area contributed by atoms with Gasteiger partial charge in [-0.1, -0.05) is 64.7 Å². The second-order valence-electron chi connectivity index (χ2n) is 7.78. The second kappa shape index (κ2) is 17.3. The summed E-state index contributed by atoms with van der Waals surface area (Å²) in [6, 6.07) is 0. The third kappa shape index (κ3) is 18.4. The summed E-state index contributed by atoms with van der Waals surface area (Å²) in [7, 11) is 0. The van der Waals surface area contributed by atoms with E-state index in [0.717, 1.165) is 19.6 Å². The predicted octanol–water partition coefficient (Wildman–Crippen LogP) is 4.38. The molecule has 0 aliphatic rings. The SMILES string of the molecule is CCCCCCCCCCCCOC(C)CN(CC(C)O)CC(C)O. The van der Waals surface area contributed by atoms with Crippen LogP contribution in [0.4, 0.5) is 0 Å². The van der Waals surface area contributed by atoms with Crippen LogP contribution in [0.5, 0.6) is 0 Å². The van der Waals surface area contributed by atoms with Crippen molar-refractivity contribution in [1.82, 2.24) is 4.90 Å². The molecule has 3 unspecified atom stereocenters. The van der Waals surface area contributed by atoms with Crippen LogP contribution in [0.1, 0.15) is 91.9 Å². The van der Waals surface area contributed by atoms with Crippen LogP contribution in [0.15, 0.2) is 0 Å². The number of nitrogens with zero attached hydrogens (tertiary/aromatic N) is 1. The molecule has 0 rings (SSSR count). The molecule has 0 saturated carbocycles. The number of hydrogen-bond acceptors (Lipinski definition) is 4. The monoisotopic (exact) mass is 359 g/mol. The lowest BCUT2D eigenvalue weighted by atomic mass is 10.1. The normalized spacial score (nSPS) is 15.5. The average molecular weight is 360 g/mol.